The van der Waals surface area contributed by atoms with Crippen molar-refractivity contribution >= 4 is 23.6 Å². The van der Waals surface area contributed by atoms with Crippen LogP contribution in [0.4, 0.5) is 5.69 Å². The lowest BCUT2D eigenvalue weighted by molar-refractivity contribution is -0.142. The Morgan fingerprint density at radius 3 is 2.23 bits per heavy atom. The van der Waals surface area contributed by atoms with E-state index in [9.17, 15) is 9.59 Å². The summed E-state index contributed by atoms with van der Waals surface area (Å²) < 4.78 is 15.8. The molecular formula is C25H23NO5. The van der Waals surface area contributed by atoms with Gasteiger partial charge in [0.1, 0.15) is 18.1 Å². The number of amides is 1. The van der Waals surface area contributed by atoms with Gasteiger partial charge in [0.15, 0.2) is 6.61 Å². The summed E-state index contributed by atoms with van der Waals surface area (Å²) in [7, 11) is 1.58. The van der Waals surface area contributed by atoms with Gasteiger partial charge in [0, 0.05) is 11.8 Å². The van der Waals surface area contributed by atoms with Crippen LogP contribution >= 0.6 is 0 Å². The van der Waals surface area contributed by atoms with E-state index in [0.29, 0.717) is 18.0 Å². The fraction of sp³-hybridized carbons (Fsp3) is 0.120. The summed E-state index contributed by atoms with van der Waals surface area (Å²) in [4.78, 5) is 23.8. The topological polar surface area (TPSA) is 73.9 Å². The number of rotatable bonds is 9. The van der Waals surface area contributed by atoms with E-state index in [1.165, 1.54) is 6.08 Å². The molecule has 0 bridgehead atoms. The molecule has 1 amide bonds. The minimum atomic E-state index is -0.601. The van der Waals surface area contributed by atoms with Crippen molar-refractivity contribution in [1.29, 1.82) is 0 Å². The average Bonchev–Trinajstić information content (AvgIpc) is 2.82. The Hall–Kier alpha value is -4.06. The van der Waals surface area contributed by atoms with Gasteiger partial charge in [0.05, 0.1) is 7.11 Å². The van der Waals surface area contributed by atoms with Gasteiger partial charge in [-0.1, -0.05) is 42.5 Å². The molecule has 0 heterocycles. The summed E-state index contributed by atoms with van der Waals surface area (Å²) in [5, 5.41) is 2.68. The smallest absolute Gasteiger partial charge is 0.331 e. The van der Waals surface area contributed by atoms with Crippen molar-refractivity contribution in [3.8, 4) is 11.5 Å². The van der Waals surface area contributed by atoms with Crippen molar-refractivity contribution in [3.05, 3.63) is 96.1 Å². The van der Waals surface area contributed by atoms with Crippen molar-refractivity contribution in [2.45, 2.75) is 6.61 Å². The van der Waals surface area contributed by atoms with E-state index >= 15 is 0 Å². The molecule has 158 valence electrons. The number of hydrogen-bond acceptors (Lipinski definition) is 5. The molecule has 31 heavy (non-hydrogen) atoms. The van der Waals surface area contributed by atoms with Gasteiger partial charge in [-0.15, -0.1) is 0 Å². The highest BCUT2D eigenvalue weighted by atomic mass is 16.5. The second kappa shape index (κ2) is 11.2. The quantitative estimate of drug-likeness (QED) is 0.411. The minimum Gasteiger partial charge on any atom is -0.497 e. The average molecular weight is 417 g/mol. The number of hydrogen-bond donors (Lipinski definition) is 1. The molecule has 1 N–H and O–H groups in total. The number of benzene rings is 3. The molecule has 0 aliphatic heterocycles. The second-order valence-corrected chi connectivity index (χ2v) is 6.56. The first-order valence-corrected chi connectivity index (χ1v) is 9.68. The van der Waals surface area contributed by atoms with E-state index in [1.54, 1.807) is 49.6 Å². The largest absolute Gasteiger partial charge is 0.497 e. The van der Waals surface area contributed by atoms with Gasteiger partial charge < -0.3 is 19.5 Å². The van der Waals surface area contributed by atoms with E-state index in [0.717, 1.165) is 16.9 Å². The third-order valence-electron chi connectivity index (χ3n) is 4.26. The van der Waals surface area contributed by atoms with E-state index in [2.05, 4.69) is 5.32 Å². The fourth-order valence-corrected chi connectivity index (χ4v) is 2.64. The van der Waals surface area contributed by atoms with E-state index < -0.39 is 11.9 Å². The van der Waals surface area contributed by atoms with Crippen LogP contribution in [0.15, 0.2) is 84.9 Å². The van der Waals surface area contributed by atoms with Crippen molar-refractivity contribution in [1.82, 2.24) is 0 Å². The van der Waals surface area contributed by atoms with Crippen molar-refractivity contribution < 1.29 is 23.8 Å². The van der Waals surface area contributed by atoms with Gasteiger partial charge in [-0.05, 0) is 53.6 Å². The lowest BCUT2D eigenvalue weighted by Crippen LogP contribution is -2.20. The zero-order chi connectivity index (χ0) is 21.9. The summed E-state index contributed by atoms with van der Waals surface area (Å²) in [5.74, 6) is 0.393. The third-order valence-corrected chi connectivity index (χ3v) is 4.26. The molecule has 0 fully saturated rings. The van der Waals surface area contributed by atoms with Gasteiger partial charge in [-0.3, -0.25) is 4.79 Å². The number of carbonyl (C=O) groups excluding carboxylic acids is 2. The SMILES string of the molecule is COc1ccc(/C=C/C(=O)OCC(=O)Nc2ccc(OCc3ccccc3)cc2)cc1. The molecule has 0 saturated heterocycles. The Morgan fingerprint density at radius 1 is 0.871 bits per heavy atom. The van der Waals surface area contributed by atoms with Crippen LogP contribution in [0.5, 0.6) is 11.5 Å². The standard InChI is InChI=1S/C25H23NO5/c1-29-22-12-7-19(8-13-22)9-16-25(28)31-18-24(27)26-21-10-14-23(15-11-21)30-17-20-5-3-2-4-6-20/h2-16H,17-18H2,1H3,(H,26,27)/b16-9+. The summed E-state index contributed by atoms with van der Waals surface area (Å²) in [5.41, 5.74) is 2.47. The lowest BCUT2D eigenvalue weighted by atomic mass is 10.2. The molecule has 0 radical (unpaired) electrons. The molecule has 0 aliphatic rings. The number of nitrogens with one attached hydrogen (secondary N) is 1. The molecule has 0 saturated carbocycles. The normalized spacial score (nSPS) is 10.5. The summed E-state index contributed by atoms with van der Waals surface area (Å²) in [6.45, 7) is 0.0879. The minimum absolute atomic E-state index is 0.377. The van der Waals surface area contributed by atoms with E-state index in [4.69, 9.17) is 14.2 Å². The molecule has 6 heteroatoms. The lowest BCUT2D eigenvalue weighted by Gasteiger charge is -2.08. The number of anilines is 1. The second-order valence-electron chi connectivity index (χ2n) is 6.56. The molecule has 6 nitrogen and oxygen atoms in total. The molecule has 0 atom stereocenters. The zero-order valence-electron chi connectivity index (χ0n) is 17.1. The van der Waals surface area contributed by atoms with Crippen LogP contribution < -0.4 is 14.8 Å². The van der Waals surface area contributed by atoms with Crippen molar-refractivity contribution in [2.24, 2.45) is 0 Å². The maximum Gasteiger partial charge on any atom is 0.331 e. The molecule has 0 aliphatic carbocycles. The number of ether oxygens (including phenoxy) is 3. The van der Waals surface area contributed by atoms with Crippen LogP contribution in [0.3, 0.4) is 0 Å². The Morgan fingerprint density at radius 2 is 1.55 bits per heavy atom. The van der Waals surface area contributed by atoms with Crippen LogP contribution in [0.25, 0.3) is 6.08 Å². The van der Waals surface area contributed by atoms with Crippen molar-refractivity contribution in [3.63, 3.8) is 0 Å². The molecule has 0 aromatic heterocycles. The number of esters is 1. The predicted octanol–water partition coefficient (Wildman–Crippen LogP) is 4.47. The maximum absolute atomic E-state index is 12.0. The van der Waals surface area contributed by atoms with Gasteiger partial charge >= 0.3 is 5.97 Å². The highest BCUT2D eigenvalue weighted by molar-refractivity contribution is 5.94. The summed E-state index contributed by atoms with van der Waals surface area (Å²) >= 11 is 0. The van der Waals surface area contributed by atoms with Crippen LogP contribution in [-0.4, -0.2) is 25.6 Å². The summed E-state index contributed by atoms with van der Waals surface area (Å²) in [6, 6.07) is 24.0. The molecule has 0 unspecified atom stereocenters. The first-order chi connectivity index (χ1) is 15.1. The Bertz CT molecular complexity index is 1010. The van der Waals surface area contributed by atoms with Gasteiger partial charge in [-0.2, -0.15) is 0 Å². The molecule has 3 aromatic carbocycles. The van der Waals surface area contributed by atoms with Gasteiger partial charge in [0.2, 0.25) is 0 Å². The Balaban J connectivity index is 1.40. The van der Waals surface area contributed by atoms with Gasteiger partial charge in [-0.25, -0.2) is 4.79 Å². The van der Waals surface area contributed by atoms with Crippen LogP contribution in [0.1, 0.15) is 11.1 Å². The van der Waals surface area contributed by atoms with Crippen molar-refractivity contribution in [2.75, 3.05) is 19.0 Å². The highest BCUT2D eigenvalue weighted by Gasteiger charge is 2.06. The first kappa shape index (κ1) is 21.6. The van der Waals surface area contributed by atoms with Crippen LogP contribution in [0, 0.1) is 0 Å². The monoisotopic (exact) mass is 417 g/mol. The summed E-state index contributed by atoms with van der Waals surface area (Å²) in [6.07, 6.45) is 2.88. The Labute approximate surface area is 181 Å². The Kier molecular flexibility index (Phi) is 7.83. The zero-order valence-corrected chi connectivity index (χ0v) is 17.1. The molecule has 0 spiro atoms. The van der Waals surface area contributed by atoms with Crippen LogP contribution in [0.2, 0.25) is 0 Å². The predicted molar refractivity (Wildman–Crippen MR) is 119 cm³/mol. The fourth-order valence-electron chi connectivity index (χ4n) is 2.64. The van der Waals surface area contributed by atoms with E-state index in [-0.39, 0.29) is 6.61 Å². The van der Waals surface area contributed by atoms with Crippen LogP contribution in [-0.2, 0) is 20.9 Å². The number of methoxy groups -OCH3 is 1. The molecule has 3 rings (SSSR count). The first-order valence-electron chi connectivity index (χ1n) is 9.68. The molecule has 3 aromatic rings. The van der Waals surface area contributed by atoms with Gasteiger partial charge in [0.25, 0.3) is 5.91 Å². The third kappa shape index (κ3) is 7.36. The van der Waals surface area contributed by atoms with E-state index in [1.807, 2.05) is 42.5 Å². The maximum atomic E-state index is 12.0. The number of carbonyl (C=O) groups is 2. The molecular weight excluding hydrogens is 394 g/mol. The highest BCUT2D eigenvalue weighted by Crippen LogP contribution is 2.17.